The monoisotopic (exact) mass is 441 g/mol. The Morgan fingerprint density at radius 3 is 2.21 bits per heavy atom. The van der Waals surface area contributed by atoms with E-state index in [1.165, 1.54) is 30.4 Å². The number of hydrogen-bond donors (Lipinski definition) is 1. The Kier molecular flexibility index (Phi) is 8.65. The first-order valence-corrected chi connectivity index (χ1v) is 12.3. The molecule has 4 heteroatoms. The smallest absolute Gasteiger partial charge is 0.220 e. The molecule has 1 aliphatic rings. The Balaban J connectivity index is 1.19. The van der Waals surface area contributed by atoms with Gasteiger partial charge in [0.2, 0.25) is 5.91 Å². The fraction of sp³-hybridized carbons (Fsp3) is 0.379. The van der Waals surface area contributed by atoms with Gasteiger partial charge in [-0.25, -0.2) is 0 Å². The maximum Gasteiger partial charge on any atom is 0.220 e. The number of aryl methyl sites for hydroxylation is 1. The summed E-state index contributed by atoms with van der Waals surface area (Å²) in [5.41, 5.74) is 3.86. The largest absolute Gasteiger partial charge is 0.356 e. The molecular weight excluding hydrogens is 406 g/mol. The van der Waals surface area contributed by atoms with E-state index in [2.05, 4.69) is 75.9 Å². The summed E-state index contributed by atoms with van der Waals surface area (Å²) in [6, 6.07) is 26.0. The van der Waals surface area contributed by atoms with Crippen LogP contribution < -0.4 is 5.32 Å². The zero-order chi connectivity index (χ0) is 22.7. The minimum atomic E-state index is 0.141. The summed E-state index contributed by atoms with van der Waals surface area (Å²) < 4.78 is 0. The van der Waals surface area contributed by atoms with Crippen molar-refractivity contribution >= 4 is 5.91 Å². The average molecular weight is 442 g/mol. The number of nitrogens with zero attached hydrogens (tertiary/aromatic N) is 2. The number of hydrogen-bond acceptors (Lipinski definition) is 3. The number of benzene rings is 2. The second-order valence-corrected chi connectivity index (χ2v) is 9.06. The predicted octanol–water partition coefficient (Wildman–Crippen LogP) is 5.41. The summed E-state index contributed by atoms with van der Waals surface area (Å²) in [4.78, 5) is 18.9. The third-order valence-electron chi connectivity index (χ3n) is 6.72. The third-order valence-corrected chi connectivity index (χ3v) is 6.72. The quantitative estimate of drug-likeness (QED) is 0.428. The Morgan fingerprint density at radius 1 is 0.939 bits per heavy atom. The zero-order valence-electron chi connectivity index (χ0n) is 19.4. The van der Waals surface area contributed by atoms with Gasteiger partial charge in [0.25, 0.3) is 0 Å². The zero-order valence-corrected chi connectivity index (χ0v) is 19.4. The van der Waals surface area contributed by atoms with Crippen molar-refractivity contribution in [3.63, 3.8) is 0 Å². The summed E-state index contributed by atoms with van der Waals surface area (Å²) >= 11 is 0. The fourth-order valence-corrected chi connectivity index (χ4v) is 4.90. The molecule has 0 spiro atoms. The number of pyridine rings is 1. The van der Waals surface area contributed by atoms with Crippen LogP contribution >= 0.6 is 0 Å². The topological polar surface area (TPSA) is 45.2 Å². The first kappa shape index (κ1) is 23.2. The summed E-state index contributed by atoms with van der Waals surface area (Å²) in [5.74, 6) is 0.892. The molecule has 1 fully saturated rings. The molecule has 2 aromatic carbocycles. The highest BCUT2D eigenvalue weighted by Gasteiger charge is 2.27. The lowest BCUT2D eigenvalue weighted by Crippen LogP contribution is -2.37. The number of carbonyl (C=O) groups is 1. The van der Waals surface area contributed by atoms with E-state index in [1.807, 2.05) is 18.3 Å². The summed E-state index contributed by atoms with van der Waals surface area (Å²) in [6.45, 7) is 3.02. The average Bonchev–Trinajstić information content (AvgIpc) is 2.88. The van der Waals surface area contributed by atoms with Gasteiger partial charge < -0.3 is 5.32 Å². The van der Waals surface area contributed by atoms with Crippen molar-refractivity contribution in [1.82, 2.24) is 15.2 Å². The van der Waals surface area contributed by atoms with E-state index >= 15 is 0 Å². The molecule has 4 rings (SSSR count). The van der Waals surface area contributed by atoms with Crippen LogP contribution in [-0.2, 0) is 11.2 Å². The molecule has 0 unspecified atom stereocenters. The first-order chi connectivity index (χ1) is 16.3. The Hall–Kier alpha value is -2.98. The molecular formula is C29H35N3O. The molecule has 0 radical (unpaired) electrons. The van der Waals surface area contributed by atoms with E-state index < -0.39 is 0 Å². The van der Waals surface area contributed by atoms with E-state index in [1.54, 1.807) is 6.20 Å². The Morgan fingerprint density at radius 2 is 1.61 bits per heavy atom. The van der Waals surface area contributed by atoms with E-state index in [0.29, 0.717) is 12.5 Å². The second kappa shape index (κ2) is 12.3. The van der Waals surface area contributed by atoms with Crippen molar-refractivity contribution < 1.29 is 4.79 Å². The van der Waals surface area contributed by atoms with Gasteiger partial charge in [-0.15, -0.1) is 0 Å². The standard InChI is InChI=1S/C29H35N3O/c33-28(16-15-25-10-7-19-30-23-25)31-20-8-9-24-17-21-32(22-18-24)29(26-11-3-1-4-12-26)27-13-5-2-6-14-27/h1-7,10-14,19,23-24,29H,8-9,15-18,20-22H2,(H,31,33). The molecule has 0 atom stereocenters. The van der Waals surface area contributed by atoms with Crippen molar-refractivity contribution in [3.8, 4) is 0 Å². The van der Waals surface area contributed by atoms with Gasteiger partial charge in [0.15, 0.2) is 0 Å². The van der Waals surface area contributed by atoms with Crippen LogP contribution in [0.15, 0.2) is 85.2 Å². The van der Waals surface area contributed by atoms with Gasteiger partial charge in [-0.2, -0.15) is 0 Å². The lowest BCUT2D eigenvalue weighted by atomic mass is 9.89. The fourth-order valence-electron chi connectivity index (χ4n) is 4.90. The van der Waals surface area contributed by atoms with E-state index in [0.717, 1.165) is 44.0 Å². The van der Waals surface area contributed by atoms with E-state index in [-0.39, 0.29) is 5.91 Å². The molecule has 1 aromatic heterocycles. The van der Waals surface area contributed by atoms with Gasteiger partial charge in [-0.3, -0.25) is 14.7 Å². The molecule has 1 aliphatic heterocycles. The van der Waals surface area contributed by atoms with Gasteiger partial charge in [-0.1, -0.05) is 66.7 Å². The highest BCUT2D eigenvalue weighted by molar-refractivity contribution is 5.76. The third kappa shape index (κ3) is 7.00. The van der Waals surface area contributed by atoms with Gasteiger partial charge in [0, 0.05) is 25.4 Å². The van der Waals surface area contributed by atoms with Gasteiger partial charge >= 0.3 is 0 Å². The maximum absolute atomic E-state index is 12.1. The molecule has 0 bridgehead atoms. The highest BCUT2D eigenvalue weighted by atomic mass is 16.1. The van der Waals surface area contributed by atoms with Crippen molar-refractivity contribution in [1.29, 1.82) is 0 Å². The minimum Gasteiger partial charge on any atom is -0.356 e. The molecule has 2 heterocycles. The number of carbonyl (C=O) groups excluding carboxylic acids is 1. The Labute approximate surface area is 198 Å². The summed E-state index contributed by atoms with van der Waals surface area (Å²) in [5, 5.41) is 3.09. The van der Waals surface area contributed by atoms with Crippen LogP contribution in [0.2, 0.25) is 0 Å². The van der Waals surface area contributed by atoms with Crippen LogP contribution in [0.4, 0.5) is 0 Å². The first-order valence-electron chi connectivity index (χ1n) is 12.3. The molecule has 0 aliphatic carbocycles. The number of rotatable bonds is 10. The molecule has 1 N–H and O–H groups in total. The second-order valence-electron chi connectivity index (χ2n) is 9.06. The molecule has 0 saturated carbocycles. The lowest BCUT2D eigenvalue weighted by molar-refractivity contribution is -0.121. The van der Waals surface area contributed by atoms with Crippen LogP contribution in [-0.4, -0.2) is 35.4 Å². The van der Waals surface area contributed by atoms with Crippen LogP contribution in [0.25, 0.3) is 0 Å². The van der Waals surface area contributed by atoms with E-state index in [4.69, 9.17) is 0 Å². The van der Waals surface area contributed by atoms with Crippen LogP contribution in [0.3, 0.4) is 0 Å². The molecule has 1 amide bonds. The minimum absolute atomic E-state index is 0.141. The van der Waals surface area contributed by atoms with Crippen molar-refractivity contribution in [2.75, 3.05) is 19.6 Å². The number of aromatic nitrogens is 1. The van der Waals surface area contributed by atoms with Crippen LogP contribution in [0.5, 0.6) is 0 Å². The number of likely N-dealkylation sites (tertiary alicyclic amines) is 1. The number of piperidine rings is 1. The van der Waals surface area contributed by atoms with Crippen molar-refractivity contribution in [2.24, 2.45) is 5.92 Å². The number of nitrogens with one attached hydrogen (secondary N) is 1. The van der Waals surface area contributed by atoms with Gasteiger partial charge in [-0.05, 0) is 73.9 Å². The van der Waals surface area contributed by atoms with Crippen molar-refractivity contribution in [3.05, 3.63) is 102 Å². The summed E-state index contributed by atoms with van der Waals surface area (Å²) in [6.07, 6.45) is 9.59. The highest BCUT2D eigenvalue weighted by Crippen LogP contribution is 2.33. The van der Waals surface area contributed by atoms with Gasteiger partial charge in [0.1, 0.15) is 0 Å². The van der Waals surface area contributed by atoms with Crippen LogP contribution in [0.1, 0.15) is 54.8 Å². The molecule has 4 nitrogen and oxygen atoms in total. The molecule has 3 aromatic rings. The predicted molar refractivity (Wildman–Crippen MR) is 134 cm³/mol. The van der Waals surface area contributed by atoms with Crippen LogP contribution in [0, 0.1) is 5.92 Å². The molecule has 33 heavy (non-hydrogen) atoms. The SMILES string of the molecule is O=C(CCc1cccnc1)NCCCC1CCN(C(c2ccccc2)c2ccccc2)CC1. The van der Waals surface area contributed by atoms with E-state index in [9.17, 15) is 4.79 Å². The van der Waals surface area contributed by atoms with Gasteiger partial charge in [0.05, 0.1) is 6.04 Å². The normalized spacial score (nSPS) is 14.9. The summed E-state index contributed by atoms with van der Waals surface area (Å²) in [7, 11) is 0. The van der Waals surface area contributed by atoms with Crippen molar-refractivity contribution in [2.45, 2.75) is 44.6 Å². The maximum atomic E-state index is 12.1. The molecule has 172 valence electrons. The number of amides is 1. The lowest BCUT2D eigenvalue weighted by Gasteiger charge is -2.38. The molecule has 1 saturated heterocycles. The Bertz CT molecular complexity index is 914.